The van der Waals surface area contributed by atoms with E-state index in [9.17, 15) is 0 Å². The van der Waals surface area contributed by atoms with Gasteiger partial charge in [-0.3, -0.25) is 9.97 Å². The van der Waals surface area contributed by atoms with Gasteiger partial charge < -0.3 is 4.57 Å². The largest absolute Gasteiger partial charge is 0.316 e. The van der Waals surface area contributed by atoms with Crippen LogP contribution in [0.25, 0.3) is 11.3 Å². The number of rotatable bonds is 5. The zero-order chi connectivity index (χ0) is 19.3. The Hall–Kier alpha value is -3.05. The van der Waals surface area contributed by atoms with Crippen LogP contribution in [-0.4, -0.2) is 14.5 Å². The number of aromatic nitrogens is 3. The summed E-state index contributed by atoms with van der Waals surface area (Å²) >= 11 is 1.66. The predicted octanol–water partition coefficient (Wildman–Crippen LogP) is 5.10. The molecule has 0 unspecified atom stereocenters. The Morgan fingerprint density at radius 1 is 1.00 bits per heavy atom. The molecular formula is C23H22N4S. The van der Waals surface area contributed by atoms with Crippen molar-refractivity contribution in [2.24, 2.45) is 4.99 Å². The van der Waals surface area contributed by atoms with E-state index in [1.54, 1.807) is 23.7 Å². The van der Waals surface area contributed by atoms with Crippen molar-refractivity contribution in [3.8, 4) is 11.3 Å². The van der Waals surface area contributed by atoms with E-state index in [1.807, 2.05) is 30.5 Å². The summed E-state index contributed by atoms with van der Waals surface area (Å²) < 4.78 is 2.29. The third-order valence-corrected chi connectivity index (χ3v) is 5.65. The van der Waals surface area contributed by atoms with Gasteiger partial charge >= 0.3 is 0 Å². The summed E-state index contributed by atoms with van der Waals surface area (Å²) in [4.78, 5) is 14.5. The second-order valence-electron chi connectivity index (χ2n) is 6.75. The summed E-state index contributed by atoms with van der Waals surface area (Å²) in [6.45, 7) is 5.12. The van der Waals surface area contributed by atoms with Crippen LogP contribution in [0, 0.1) is 13.8 Å². The van der Waals surface area contributed by atoms with Crippen molar-refractivity contribution in [1.82, 2.24) is 14.5 Å². The average molecular weight is 387 g/mol. The molecule has 0 bridgehead atoms. The van der Waals surface area contributed by atoms with Gasteiger partial charge in [0.05, 0.1) is 17.6 Å². The van der Waals surface area contributed by atoms with E-state index in [4.69, 9.17) is 4.99 Å². The number of nitrogens with zero attached hydrogens (tertiary/aromatic N) is 4. The maximum absolute atomic E-state index is 4.84. The van der Waals surface area contributed by atoms with E-state index in [0.717, 1.165) is 29.1 Å². The normalized spacial score (nSPS) is 11.7. The Balaban J connectivity index is 1.77. The molecule has 4 aromatic rings. The molecule has 0 radical (unpaired) electrons. The molecule has 1 aromatic carbocycles. The lowest BCUT2D eigenvalue weighted by Crippen LogP contribution is -2.17. The molecule has 3 aromatic heterocycles. The minimum atomic E-state index is 0.821. The molecule has 0 fully saturated rings. The van der Waals surface area contributed by atoms with Gasteiger partial charge in [0.1, 0.15) is 0 Å². The van der Waals surface area contributed by atoms with Crippen molar-refractivity contribution < 1.29 is 0 Å². The third kappa shape index (κ3) is 4.10. The van der Waals surface area contributed by atoms with E-state index >= 15 is 0 Å². The fourth-order valence-electron chi connectivity index (χ4n) is 3.07. The second-order valence-corrected chi connectivity index (χ2v) is 7.58. The van der Waals surface area contributed by atoms with E-state index in [0.29, 0.717) is 0 Å². The minimum absolute atomic E-state index is 0.821. The van der Waals surface area contributed by atoms with Gasteiger partial charge in [-0.15, -0.1) is 11.3 Å². The Labute approximate surface area is 168 Å². The molecular weight excluding hydrogens is 364 g/mol. The predicted molar refractivity (Wildman–Crippen MR) is 115 cm³/mol. The summed E-state index contributed by atoms with van der Waals surface area (Å²) in [6, 6.07) is 16.6. The first-order valence-corrected chi connectivity index (χ1v) is 10.2. The van der Waals surface area contributed by atoms with Crippen LogP contribution < -0.4 is 4.80 Å². The third-order valence-electron chi connectivity index (χ3n) is 4.79. The standard InChI is InChI=1S/C23H22N4S/c1-17-8-9-19(14-18(17)2)22-16-28-23(26-21-7-5-11-24-15-21)27(22)13-10-20-6-3-4-12-25-20/h3-9,11-12,14-16H,10,13H2,1-2H3. The Morgan fingerprint density at radius 2 is 1.93 bits per heavy atom. The molecule has 0 atom stereocenters. The Kier molecular flexibility index (Phi) is 5.44. The molecule has 28 heavy (non-hydrogen) atoms. The summed E-state index contributed by atoms with van der Waals surface area (Å²) in [5, 5.41) is 2.19. The molecule has 140 valence electrons. The molecule has 0 amide bonds. The van der Waals surface area contributed by atoms with Crippen LogP contribution in [0.5, 0.6) is 0 Å². The van der Waals surface area contributed by atoms with E-state index < -0.39 is 0 Å². The summed E-state index contributed by atoms with van der Waals surface area (Å²) in [6.07, 6.45) is 6.26. The number of benzene rings is 1. The summed E-state index contributed by atoms with van der Waals surface area (Å²) in [5.41, 5.74) is 6.95. The van der Waals surface area contributed by atoms with Crippen molar-refractivity contribution in [2.45, 2.75) is 26.8 Å². The zero-order valence-corrected chi connectivity index (χ0v) is 16.9. The van der Waals surface area contributed by atoms with E-state index in [-0.39, 0.29) is 0 Å². The number of aryl methyl sites for hydroxylation is 3. The molecule has 5 heteroatoms. The van der Waals surface area contributed by atoms with Crippen LogP contribution in [0.3, 0.4) is 0 Å². The Morgan fingerprint density at radius 3 is 2.68 bits per heavy atom. The SMILES string of the molecule is Cc1ccc(-c2csc(=Nc3cccnc3)n2CCc2ccccn2)cc1C. The lowest BCUT2D eigenvalue weighted by molar-refractivity contribution is 0.674. The summed E-state index contributed by atoms with van der Waals surface area (Å²) in [5.74, 6) is 0. The van der Waals surface area contributed by atoms with Gasteiger partial charge in [0.25, 0.3) is 0 Å². The highest BCUT2D eigenvalue weighted by molar-refractivity contribution is 7.07. The number of hydrogen-bond donors (Lipinski definition) is 0. The van der Waals surface area contributed by atoms with Gasteiger partial charge in [0.2, 0.25) is 0 Å². The quantitative estimate of drug-likeness (QED) is 0.479. The summed E-state index contributed by atoms with van der Waals surface area (Å²) in [7, 11) is 0. The first kappa shape index (κ1) is 18.3. The van der Waals surface area contributed by atoms with Gasteiger partial charge in [0.15, 0.2) is 4.80 Å². The smallest absolute Gasteiger partial charge is 0.190 e. The Bertz CT molecular complexity index is 1130. The molecule has 0 N–H and O–H groups in total. The van der Waals surface area contributed by atoms with Gasteiger partial charge in [0, 0.05) is 36.4 Å². The highest BCUT2D eigenvalue weighted by Crippen LogP contribution is 2.23. The minimum Gasteiger partial charge on any atom is -0.316 e. The number of thiazole rings is 1. The molecule has 3 heterocycles. The average Bonchev–Trinajstić information content (AvgIpc) is 3.12. The number of hydrogen-bond acceptors (Lipinski definition) is 4. The lowest BCUT2D eigenvalue weighted by Gasteiger charge is -2.11. The highest BCUT2D eigenvalue weighted by Gasteiger charge is 2.10. The van der Waals surface area contributed by atoms with Gasteiger partial charge in [-0.1, -0.05) is 18.2 Å². The second kappa shape index (κ2) is 8.31. The molecule has 0 saturated carbocycles. The maximum Gasteiger partial charge on any atom is 0.190 e. The van der Waals surface area contributed by atoms with Gasteiger partial charge in [-0.05, 0) is 60.9 Å². The zero-order valence-electron chi connectivity index (χ0n) is 16.0. The molecule has 0 aliphatic carbocycles. The molecule has 4 rings (SSSR count). The van der Waals surface area contributed by atoms with Gasteiger partial charge in [-0.2, -0.15) is 0 Å². The van der Waals surface area contributed by atoms with Crippen molar-refractivity contribution >= 4 is 17.0 Å². The number of pyridine rings is 2. The first-order chi connectivity index (χ1) is 13.7. The van der Waals surface area contributed by atoms with Crippen LogP contribution in [0.15, 0.2) is 77.5 Å². The van der Waals surface area contributed by atoms with E-state index in [2.05, 4.69) is 58.0 Å². The topological polar surface area (TPSA) is 43.1 Å². The fourth-order valence-corrected chi connectivity index (χ4v) is 4.02. The lowest BCUT2D eigenvalue weighted by atomic mass is 10.0. The molecule has 4 nitrogen and oxygen atoms in total. The van der Waals surface area contributed by atoms with Crippen molar-refractivity contribution in [3.63, 3.8) is 0 Å². The monoisotopic (exact) mass is 386 g/mol. The van der Waals surface area contributed by atoms with Crippen LogP contribution in [0.1, 0.15) is 16.8 Å². The highest BCUT2D eigenvalue weighted by atomic mass is 32.1. The van der Waals surface area contributed by atoms with Crippen molar-refractivity contribution in [3.05, 3.63) is 94.1 Å². The van der Waals surface area contributed by atoms with Crippen molar-refractivity contribution in [1.29, 1.82) is 0 Å². The molecule has 0 aliphatic heterocycles. The van der Waals surface area contributed by atoms with Crippen molar-refractivity contribution in [2.75, 3.05) is 0 Å². The van der Waals surface area contributed by atoms with Crippen LogP contribution in [-0.2, 0) is 13.0 Å². The van der Waals surface area contributed by atoms with E-state index in [1.165, 1.54) is 22.4 Å². The van der Waals surface area contributed by atoms with Gasteiger partial charge in [-0.25, -0.2) is 4.99 Å². The molecule has 0 spiro atoms. The fraction of sp³-hybridized carbons (Fsp3) is 0.174. The van der Waals surface area contributed by atoms with Crippen LogP contribution in [0.2, 0.25) is 0 Å². The first-order valence-electron chi connectivity index (χ1n) is 9.31. The molecule has 0 saturated heterocycles. The van der Waals surface area contributed by atoms with Crippen LogP contribution in [0.4, 0.5) is 5.69 Å². The van der Waals surface area contributed by atoms with Crippen LogP contribution >= 0.6 is 11.3 Å². The maximum atomic E-state index is 4.84. The molecule has 0 aliphatic rings.